The molecule has 0 amide bonds. The van der Waals surface area contributed by atoms with Crippen LogP contribution in [0.5, 0.6) is 0 Å². The largest absolute Gasteiger partial charge is 0.309 e. The van der Waals surface area contributed by atoms with E-state index < -0.39 is 0 Å². The quantitative estimate of drug-likeness (QED) is 0.222. The van der Waals surface area contributed by atoms with E-state index in [-0.39, 0.29) is 0 Å². The predicted molar refractivity (Wildman–Crippen MR) is 166 cm³/mol. The Balaban J connectivity index is 1.29. The Kier molecular flexibility index (Phi) is 4.41. The van der Waals surface area contributed by atoms with Crippen molar-refractivity contribution in [1.82, 2.24) is 9.13 Å². The average molecular weight is 517 g/mol. The zero-order chi connectivity index (χ0) is 25.5. The van der Waals surface area contributed by atoms with Crippen LogP contribution < -0.4 is 0 Å². The lowest BCUT2D eigenvalue weighted by atomic mass is 9.92. The van der Waals surface area contributed by atoms with Crippen LogP contribution in [0.4, 0.5) is 0 Å². The van der Waals surface area contributed by atoms with Crippen molar-refractivity contribution in [2.24, 2.45) is 0 Å². The molecule has 0 spiro atoms. The van der Waals surface area contributed by atoms with E-state index in [1.54, 1.807) is 0 Å². The van der Waals surface area contributed by atoms with Gasteiger partial charge < -0.3 is 9.13 Å². The Morgan fingerprint density at radius 2 is 1.03 bits per heavy atom. The molecule has 2 atom stereocenters. The first-order valence-electron chi connectivity index (χ1n) is 13.5. The van der Waals surface area contributed by atoms with Gasteiger partial charge in [0.15, 0.2) is 0 Å². The molecular weight excluding hydrogens is 492 g/mol. The highest BCUT2D eigenvalue weighted by Crippen LogP contribution is 2.49. The van der Waals surface area contributed by atoms with E-state index in [4.69, 9.17) is 0 Å². The Morgan fingerprint density at radius 3 is 1.72 bits per heavy atom. The molecule has 2 unspecified atom stereocenters. The van der Waals surface area contributed by atoms with E-state index >= 15 is 0 Å². The molecule has 7 aromatic rings. The molecular formula is C36H24N2S. The van der Waals surface area contributed by atoms with Crippen molar-refractivity contribution in [3.05, 3.63) is 139 Å². The number of hydrogen-bond donors (Lipinski definition) is 0. The fourth-order valence-corrected chi connectivity index (χ4v) is 8.07. The fourth-order valence-electron chi connectivity index (χ4n) is 6.75. The van der Waals surface area contributed by atoms with Crippen molar-refractivity contribution < 1.29 is 0 Å². The topological polar surface area (TPSA) is 9.86 Å². The van der Waals surface area contributed by atoms with Gasteiger partial charge in [0.2, 0.25) is 0 Å². The highest BCUT2D eigenvalue weighted by Gasteiger charge is 2.31. The van der Waals surface area contributed by atoms with Gasteiger partial charge in [-0.3, -0.25) is 0 Å². The van der Waals surface area contributed by atoms with Crippen LogP contribution in [0.15, 0.2) is 138 Å². The third-order valence-electron chi connectivity index (χ3n) is 8.45. The van der Waals surface area contributed by atoms with Crippen molar-refractivity contribution in [2.75, 3.05) is 0 Å². The summed E-state index contributed by atoms with van der Waals surface area (Å²) >= 11 is 1.99. The van der Waals surface area contributed by atoms with Crippen molar-refractivity contribution in [3.63, 3.8) is 0 Å². The zero-order valence-electron chi connectivity index (χ0n) is 21.2. The summed E-state index contributed by atoms with van der Waals surface area (Å²) in [5.74, 6) is 0.449. The molecule has 9 rings (SSSR count). The van der Waals surface area contributed by atoms with E-state index in [0.717, 1.165) is 0 Å². The predicted octanol–water partition coefficient (Wildman–Crippen LogP) is 9.56. The van der Waals surface area contributed by atoms with Gasteiger partial charge in [-0.1, -0.05) is 78.9 Å². The Labute approximate surface area is 230 Å². The number of hydrogen-bond acceptors (Lipinski definition) is 1. The standard InChI is InChI=1S/C36H24N2S/c1-5-13-31-25(9-1)26-10-2-6-14-32(26)37(31)23-17-19-34-29(21-23)27-11-3-7-15-33(27)38(34)24-18-20-36-30(22-24)28-12-4-8-16-35(28)39-36/h1-22,28,35H. The maximum absolute atomic E-state index is 2.45. The third-order valence-corrected chi connectivity index (χ3v) is 9.80. The average Bonchev–Trinajstić information content (AvgIpc) is 3.64. The summed E-state index contributed by atoms with van der Waals surface area (Å²) in [5.41, 5.74) is 8.82. The molecule has 1 aliphatic heterocycles. The number of nitrogens with zero attached hydrogens (tertiary/aromatic N) is 2. The summed E-state index contributed by atoms with van der Waals surface area (Å²) in [5, 5.41) is 5.64. The first kappa shape index (κ1) is 21.5. The number of rotatable bonds is 2. The molecule has 3 heteroatoms. The van der Waals surface area contributed by atoms with Gasteiger partial charge in [0.05, 0.1) is 22.1 Å². The van der Waals surface area contributed by atoms with Crippen LogP contribution in [-0.4, -0.2) is 14.4 Å². The van der Waals surface area contributed by atoms with E-state index in [1.807, 2.05) is 11.8 Å². The number of aromatic nitrogens is 2. The van der Waals surface area contributed by atoms with Gasteiger partial charge >= 0.3 is 0 Å². The lowest BCUT2D eigenvalue weighted by molar-refractivity contribution is 0.878. The monoisotopic (exact) mass is 516 g/mol. The Hall–Kier alpha value is -4.47. The summed E-state index contributed by atoms with van der Waals surface area (Å²) in [7, 11) is 0. The van der Waals surface area contributed by atoms with Gasteiger partial charge in [-0.2, -0.15) is 0 Å². The molecule has 0 N–H and O–H groups in total. The molecule has 0 saturated heterocycles. The lowest BCUT2D eigenvalue weighted by Gasteiger charge is -2.16. The van der Waals surface area contributed by atoms with E-state index in [9.17, 15) is 0 Å². The molecule has 1 aliphatic carbocycles. The van der Waals surface area contributed by atoms with Crippen molar-refractivity contribution >= 4 is 55.4 Å². The summed E-state index contributed by atoms with van der Waals surface area (Å²) in [6, 6.07) is 40.3. The van der Waals surface area contributed by atoms with Gasteiger partial charge in [0.25, 0.3) is 0 Å². The second kappa shape index (κ2) is 8.02. The van der Waals surface area contributed by atoms with E-state index in [1.165, 1.54) is 65.4 Å². The van der Waals surface area contributed by atoms with E-state index in [0.29, 0.717) is 11.2 Å². The lowest BCUT2D eigenvalue weighted by Crippen LogP contribution is -2.07. The first-order valence-corrected chi connectivity index (χ1v) is 14.4. The summed E-state index contributed by atoms with van der Waals surface area (Å²) in [6.07, 6.45) is 9.08. The van der Waals surface area contributed by atoms with Crippen LogP contribution in [0, 0.1) is 0 Å². The molecule has 184 valence electrons. The summed E-state index contributed by atoms with van der Waals surface area (Å²) < 4.78 is 4.85. The van der Waals surface area contributed by atoms with Crippen LogP contribution in [0.25, 0.3) is 55.0 Å². The molecule has 0 fully saturated rings. The molecule has 39 heavy (non-hydrogen) atoms. The van der Waals surface area contributed by atoms with Gasteiger partial charge in [-0.25, -0.2) is 0 Å². The van der Waals surface area contributed by atoms with Gasteiger partial charge in [-0.05, 0) is 60.2 Å². The van der Waals surface area contributed by atoms with Crippen LogP contribution in [0.3, 0.4) is 0 Å². The molecule has 2 nitrogen and oxygen atoms in total. The van der Waals surface area contributed by atoms with Crippen LogP contribution in [-0.2, 0) is 0 Å². The van der Waals surface area contributed by atoms with E-state index in [2.05, 4.69) is 143 Å². The van der Waals surface area contributed by atoms with Crippen molar-refractivity contribution in [3.8, 4) is 11.4 Å². The molecule has 2 aromatic heterocycles. The number of allylic oxidation sites excluding steroid dienone is 3. The smallest absolute Gasteiger partial charge is 0.0542 e. The second-order valence-electron chi connectivity index (χ2n) is 10.5. The Morgan fingerprint density at radius 1 is 0.487 bits per heavy atom. The molecule has 0 saturated carbocycles. The summed E-state index contributed by atoms with van der Waals surface area (Å²) in [4.78, 5) is 1.40. The maximum atomic E-state index is 2.45. The maximum Gasteiger partial charge on any atom is 0.0542 e. The number of benzene rings is 5. The highest BCUT2D eigenvalue weighted by molar-refractivity contribution is 8.00. The normalized spacial score (nSPS) is 17.9. The number of fused-ring (bicyclic) bond motifs is 9. The number of thioether (sulfide) groups is 1. The highest BCUT2D eigenvalue weighted by atomic mass is 32.2. The molecule has 3 heterocycles. The van der Waals surface area contributed by atoms with Crippen LogP contribution >= 0.6 is 11.8 Å². The van der Waals surface area contributed by atoms with Crippen LogP contribution in [0.2, 0.25) is 0 Å². The van der Waals surface area contributed by atoms with Gasteiger partial charge in [0.1, 0.15) is 0 Å². The fraction of sp³-hybridized carbons (Fsp3) is 0.0556. The third kappa shape index (κ3) is 2.99. The molecule has 0 radical (unpaired) electrons. The van der Waals surface area contributed by atoms with Gasteiger partial charge in [0, 0.05) is 49.0 Å². The van der Waals surface area contributed by atoms with Crippen molar-refractivity contribution in [1.29, 1.82) is 0 Å². The number of para-hydroxylation sites is 3. The zero-order valence-corrected chi connectivity index (χ0v) is 22.0. The minimum Gasteiger partial charge on any atom is -0.309 e. The first-order chi connectivity index (χ1) is 19.3. The minimum absolute atomic E-state index is 0.449. The molecule has 2 aliphatic rings. The van der Waals surface area contributed by atoms with Crippen molar-refractivity contribution in [2.45, 2.75) is 16.1 Å². The minimum atomic E-state index is 0.449. The molecule has 0 bridgehead atoms. The SMILES string of the molecule is C1=CC2Sc3ccc(-n4c5ccccc5c5cc(-n6c7ccccc7c7ccccc76)ccc54)cc3C2C=C1. The Bertz CT molecular complexity index is 2120. The summed E-state index contributed by atoms with van der Waals surface area (Å²) in [6.45, 7) is 0. The second-order valence-corrected chi connectivity index (χ2v) is 11.7. The van der Waals surface area contributed by atoms with Crippen LogP contribution in [0.1, 0.15) is 11.5 Å². The molecule has 5 aromatic carbocycles. The van der Waals surface area contributed by atoms with Gasteiger partial charge in [-0.15, -0.1) is 11.8 Å².